The van der Waals surface area contributed by atoms with Gasteiger partial charge in [-0.25, -0.2) is 4.98 Å². The highest BCUT2D eigenvalue weighted by Gasteiger charge is 2.14. The molecular formula is C13H19N3. The molecule has 2 aromatic rings. The molecule has 3 heteroatoms. The number of hydrogen-bond acceptors (Lipinski definition) is 2. The van der Waals surface area contributed by atoms with E-state index >= 15 is 0 Å². The topological polar surface area (TPSA) is 43.8 Å². The van der Waals surface area contributed by atoms with Gasteiger partial charge >= 0.3 is 0 Å². The maximum absolute atomic E-state index is 5.73. The largest absolute Gasteiger partial charge is 0.331 e. The standard InChI is InChI=1S/C13H19N3/c1-4-9(2)13-15-12-10(8-14)6-5-7-11(12)16(13)3/h5-7,9H,4,8,14H2,1-3H3. The van der Waals surface area contributed by atoms with Gasteiger partial charge in [0.1, 0.15) is 5.82 Å². The minimum Gasteiger partial charge on any atom is -0.331 e. The molecule has 0 aliphatic rings. The molecule has 1 atom stereocenters. The van der Waals surface area contributed by atoms with Crippen molar-refractivity contribution in [1.29, 1.82) is 0 Å². The fourth-order valence-electron chi connectivity index (χ4n) is 2.08. The van der Waals surface area contributed by atoms with E-state index in [-0.39, 0.29) is 0 Å². The van der Waals surface area contributed by atoms with Crippen molar-refractivity contribution in [3.63, 3.8) is 0 Å². The number of rotatable bonds is 3. The van der Waals surface area contributed by atoms with Crippen molar-refractivity contribution in [2.45, 2.75) is 32.7 Å². The molecular weight excluding hydrogens is 198 g/mol. The maximum Gasteiger partial charge on any atom is 0.112 e. The van der Waals surface area contributed by atoms with E-state index in [1.165, 1.54) is 5.52 Å². The first-order valence-corrected chi connectivity index (χ1v) is 5.83. The molecule has 1 aromatic carbocycles. The van der Waals surface area contributed by atoms with Crippen molar-refractivity contribution < 1.29 is 0 Å². The molecule has 1 heterocycles. The molecule has 0 bridgehead atoms. The van der Waals surface area contributed by atoms with Gasteiger partial charge in [-0.15, -0.1) is 0 Å². The van der Waals surface area contributed by atoms with E-state index in [1.54, 1.807) is 0 Å². The van der Waals surface area contributed by atoms with Crippen LogP contribution >= 0.6 is 0 Å². The Morgan fingerprint density at radius 3 is 2.81 bits per heavy atom. The van der Waals surface area contributed by atoms with E-state index < -0.39 is 0 Å². The van der Waals surface area contributed by atoms with E-state index in [9.17, 15) is 0 Å². The van der Waals surface area contributed by atoms with Crippen LogP contribution in [0.2, 0.25) is 0 Å². The minimum absolute atomic E-state index is 0.489. The summed E-state index contributed by atoms with van der Waals surface area (Å²) in [6.07, 6.45) is 1.11. The Morgan fingerprint density at radius 1 is 1.44 bits per heavy atom. The molecule has 0 radical (unpaired) electrons. The molecule has 0 amide bonds. The summed E-state index contributed by atoms with van der Waals surface area (Å²) in [5.74, 6) is 1.64. The van der Waals surface area contributed by atoms with Gasteiger partial charge in [-0.1, -0.05) is 26.0 Å². The predicted molar refractivity (Wildman–Crippen MR) is 67.3 cm³/mol. The van der Waals surface area contributed by atoms with Crippen molar-refractivity contribution in [3.05, 3.63) is 29.6 Å². The molecule has 0 aliphatic heterocycles. The summed E-state index contributed by atoms with van der Waals surface area (Å²) >= 11 is 0. The first kappa shape index (κ1) is 11.1. The molecule has 1 aromatic heterocycles. The summed E-state index contributed by atoms with van der Waals surface area (Å²) in [5, 5.41) is 0. The Bertz CT molecular complexity index is 499. The molecule has 16 heavy (non-hydrogen) atoms. The third kappa shape index (κ3) is 1.61. The Labute approximate surface area is 96.3 Å². The van der Waals surface area contributed by atoms with E-state index in [0.29, 0.717) is 12.5 Å². The Balaban J connectivity index is 2.67. The Kier molecular flexibility index (Phi) is 2.97. The third-order valence-electron chi connectivity index (χ3n) is 3.30. The van der Waals surface area contributed by atoms with Crippen LogP contribution < -0.4 is 5.73 Å². The van der Waals surface area contributed by atoms with Gasteiger partial charge in [0.2, 0.25) is 0 Å². The molecule has 86 valence electrons. The van der Waals surface area contributed by atoms with Gasteiger partial charge in [-0.3, -0.25) is 0 Å². The summed E-state index contributed by atoms with van der Waals surface area (Å²) < 4.78 is 2.18. The fraction of sp³-hybridized carbons (Fsp3) is 0.462. The molecule has 0 aliphatic carbocycles. The molecule has 0 saturated carbocycles. The molecule has 0 fully saturated rings. The zero-order valence-corrected chi connectivity index (χ0v) is 10.2. The SMILES string of the molecule is CCC(C)c1nc2c(CN)cccc2n1C. The highest BCUT2D eigenvalue weighted by Crippen LogP contribution is 2.24. The second-order valence-electron chi connectivity index (χ2n) is 4.33. The molecule has 2 rings (SSSR count). The molecule has 1 unspecified atom stereocenters. The van der Waals surface area contributed by atoms with Crippen LogP contribution in [0.15, 0.2) is 18.2 Å². The second kappa shape index (κ2) is 4.26. The highest BCUT2D eigenvalue weighted by atomic mass is 15.1. The van der Waals surface area contributed by atoms with Gasteiger partial charge in [0, 0.05) is 19.5 Å². The van der Waals surface area contributed by atoms with Crippen LogP contribution in [0.5, 0.6) is 0 Å². The van der Waals surface area contributed by atoms with Crippen molar-refractivity contribution in [2.24, 2.45) is 12.8 Å². The van der Waals surface area contributed by atoms with Crippen LogP contribution in [0.3, 0.4) is 0 Å². The van der Waals surface area contributed by atoms with Crippen LogP contribution in [-0.4, -0.2) is 9.55 Å². The summed E-state index contributed by atoms with van der Waals surface area (Å²) in [7, 11) is 2.08. The van der Waals surface area contributed by atoms with Gasteiger partial charge in [-0.05, 0) is 18.1 Å². The quantitative estimate of drug-likeness (QED) is 0.858. The van der Waals surface area contributed by atoms with Crippen LogP contribution in [0.1, 0.15) is 37.6 Å². The zero-order chi connectivity index (χ0) is 11.7. The van der Waals surface area contributed by atoms with Crippen molar-refractivity contribution in [3.8, 4) is 0 Å². The van der Waals surface area contributed by atoms with Gasteiger partial charge < -0.3 is 10.3 Å². The van der Waals surface area contributed by atoms with E-state index in [4.69, 9.17) is 10.7 Å². The van der Waals surface area contributed by atoms with Gasteiger partial charge in [-0.2, -0.15) is 0 Å². The van der Waals surface area contributed by atoms with Crippen molar-refractivity contribution in [2.75, 3.05) is 0 Å². The van der Waals surface area contributed by atoms with Crippen LogP contribution in [0.4, 0.5) is 0 Å². The predicted octanol–water partition coefficient (Wildman–Crippen LogP) is 2.55. The number of imidazole rings is 1. The van der Waals surface area contributed by atoms with E-state index in [0.717, 1.165) is 23.3 Å². The number of aromatic nitrogens is 2. The molecule has 0 saturated heterocycles. The number of para-hydroxylation sites is 1. The second-order valence-corrected chi connectivity index (χ2v) is 4.33. The van der Waals surface area contributed by atoms with Crippen LogP contribution in [0.25, 0.3) is 11.0 Å². The number of hydrogen-bond donors (Lipinski definition) is 1. The molecule has 2 N–H and O–H groups in total. The summed E-state index contributed by atoms with van der Waals surface area (Å²) in [5.41, 5.74) is 9.10. The molecule has 0 spiro atoms. The fourth-order valence-corrected chi connectivity index (χ4v) is 2.08. The first-order chi connectivity index (χ1) is 7.69. The maximum atomic E-state index is 5.73. The normalized spacial score (nSPS) is 13.2. The number of benzene rings is 1. The monoisotopic (exact) mass is 217 g/mol. The number of aryl methyl sites for hydroxylation is 1. The Morgan fingerprint density at radius 2 is 2.19 bits per heavy atom. The number of nitrogens with two attached hydrogens (primary N) is 1. The average Bonchev–Trinajstić information content (AvgIpc) is 2.66. The lowest BCUT2D eigenvalue weighted by atomic mass is 10.1. The third-order valence-corrected chi connectivity index (χ3v) is 3.30. The van der Waals surface area contributed by atoms with Gasteiger partial charge in [0.25, 0.3) is 0 Å². The van der Waals surface area contributed by atoms with Gasteiger partial charge in [0.05, 0.1) is 11.0 Å². The van der Waals surface area contributed by atoms with E-state index in [1.807, 2.05) is 6.07 Å². The number of nitrogens with zero attached hydrogens (tertiary/aromatic N) is 2. The highest BCUT2D eigenvalue weighted by molar-refractivity contribution is 5.79. The lowest BCUT2D eigenvalue weighted by Crippen LogP contribution is -2.01. The summed E-state index contributed by atoms with van der Waals surface area (Å²) in [4.78, 5) is 4.74. The molecule has 3 nitrogen and oxygen atoms in total. The number of fused-ring (bicyclic) bond motifs is 1. The zero-order valence-electron chi connectivity index (χ0n) is 10.2. The van der Waals surface area contributed by atoms with Crippen molar-refractivity contribution in [1.82, 2.24) is 9.55 Å². The first-order valence-electron chi connectivity index (χ1n) is 5.83. The minimum atomic E-state index is 0.489. The smallest absolute Gasteiger partial charge is 0.112 e. The lowest BCUT2D eigenvalue weighted by Gasteiger charge is -2.07. The Hall–Kier alpha value is -1.35. The van der Waals surface area contributed by atoms with Crippen LogP contribution in [0, 0.1) is 0 Å². The average molecular weight is 217 g/mol. The summed E-state index contributed by atoms with van der Waals surface area (Å²) in [6.45, 7) is 4.95. The van der Waals surface area contributed by atoms with Crippen LogP contribution in [-0.2, 0) is 13.6 Å². The summed E-state index contributed by atoms with van der Waals surface area (Å²) in [6, 6.07) is 6.20. The van der Waals surface area contributed by atoms with E-state index in [2.05, 4.69) is 37.6 Å². The lowest BCUT2D eigenvalue weighted by molar-refractivity contribution is 0.649. The van der Waals surface area contributed by atoms with Gasteiger partial charge in [0.15, 0.2) is 0 Å². The van der Waals surface area contributed by atoms with Crippen molar-refractivity contribution >= 4 is 11.0 Å².